The minimum atomic E-state index is -4.11. The summed E-state index contributed by atoms with van der Waals surface area (Å²) in [5.74, 6) is -1.51. The van der Waals surface area contributed by atoms with Crippen LogP contribution in [0.15, 0.2) is 77.7 Å². The first-order valence-electron chi connectivity index (χ1n) is 9.52. The van der Waals surface area contributed by atoms with E-state index in [0.717, 1.165) is 24.3 Å². The number of carbonyl (C=O) groups excluding carboxylic acids is 1. The number of hydrogen-bond donors (Lipinski definition) is 0. The highest BCUT2D eigenvalue weighted by molar-refractivity contribution is 7.87. The molecular formula is C23H21F2NO4S. The lowest BCUT2D eigenvalue weighted by molar-refractivity contribution is 0.0685. The van der Waals surface area contributed by atoms with Crippen LogP contribution in [0.1, 0.15) is 29.8 Å². The van der Waals surface area contributed by atoms with Crippen LogP contribution in [-0.4, -0.2) is 25.3 Å². The lowest BCUT2D eigenvalue weighted by Crippen LogP contribution is -2.36. The summed E-state index contributed by atoms with van der Waals surface area (Å²) in [4.78, 5) is 14.2. The molecule has 3 aromatic carbocycles. The Hall–Kier alpha value is -3.26. The smallest absolute Gasteiger partial charge is 0.339 e. The molecule has 3 aromatic rings. The highest BCUT2D eigenvalue weighted by Crippen LogP contribution is 2.21. The van der Waals surface area contributed by atoms with Gasteiger partial charge in [-0.2, -0.15) is 8.42 Å². The van der Waals surface area contributed by atoms with Crippen molar-refractivity contribution < 1.29 is 26.2 Å². The van der Waals surface area contributed by atoms with Gasteiger partial charge in [-0.3, -0.25) is 4.79 Å². The highest BCUT2D eigenvalue weighted by atomic mass is 32.2. The molecule has 0 aliphatic heterocycles. The van der Waals surface area contributed by atoms with Crippen molar-refractivity contribution in [2.45, 2.75) is 31.3 Å². The SMILES string of the molecule is CC(C)N(Cc1ccc(OS(=O)(=O)c2ccc(F)cc2)cc1)C(=O)c1ccccc1F. The Bertz CT molecular complexity index is 1160. The van der Waals surface area contributed by atoms with E-state index in [1.54, 1.807) is 18.2 Å². The molecule has 0 atom stereocenters. The quantitative estimate of drug-likeness (QED) is 0.491. The first-order chi connectivity index (χ1) is 14.7. The van der Waals surface area contributed by atoms with Gasteiger partial charge in [-0.15, -0.1) is 0 Å². The van der Waals surface area contributed by atoms with Gasteiger partial charge in [0.15, 0.2) is 0 Å². The zero-order valence-electron chi connectivity index (χ0n) is 17.0. The summed E-state index contributed by atoms with van der Waals surface area (Å²) in [6.07, 6.45) is 0. The molecule has 8 heteroatoms. The van der Waals surface area contributed by atoms with E-state index in [2.05, 4.69) is 0 Å². The topological polar surface area (TPSA) is 63.7 Å². The van der Waals surface area contributed by atoms with Gasteiger partial charge in [-0.25, -0.2) is 8.78 Å². The van der Waals surface area contributed by atoms with E-state index in [0.29, 0.717) is 5.56 Å². The number of halogens is 2. The third kappa shape index (κ3) is 5.46. The molecule has 0 radical (unpaired) electrons. The molecule has 0 heterocycles. The molecule has 0 bridgehead atoms. The summed E-state index contributed by atoms with van der Waals surface area (Å²) in [7, 11) is -4.11. The minimum Gasteiger partial charge on any atom is -0.379 e. The summed E-state index contributed by atoms with van der Waals surface area (Å²) in [6.45, 7) is 3.85. The van der Waals surface area contributed by atoms with Gasteiger partial charge < -0.3 is 9.08 Å². The zero-order chi connectivity index (χ0) is 22.6. The predicted molar refractivity (Wildman–Crippen MR) is 112 cm³/mol. The predicted octanol–water partition coefficient (Wildman–Crippen LogP) is 4.78. The van der Waals surface area contributed by atoms with E-state index in [1.165, 1.54) is 35.2 Å². The summed E-state index contributed by atoms with van der Waals surface area (Å²) in [5.41, 5.74) is 0.700. The van der Waals surface area contributed by atoms with E-state index < -0.39 is 27.7 Å². The monoisotopic (exact) mass is 445 g/mol. The first kappa shape index (κ1) is 22.4. The van der Waals surface area contributed by atoms with Crippen LogP contribution in [0.3, 0.4) is 0 Å². The van der Waals surface area contributed by atoms with Crippen LogP contribution in [0.2, 0.25) is 0 Å². The fourth-order valence-electron chi connectivity index (χ4n) is 2.90. The molecule has 0 spiro atoms. The van der Waals surface area contributed by atoms with E-state index in [-0.39, 0.29) is 28.8 Å². The molecule has 0 unspecified atom stereocenters. The lowest BCUT2D eigenvalue weighted by Gasteiger charge is -2.27. The molecule has 1 amide bonds. The molecular weight excluding hydrogens is 424 g/mol. The fourth-order valence-corrected chi connectivity index (χ4v) is 3.83. The second-order valence-electron chi connectivity index (χ2n) is 7.14. The number of benzene rings is 3. The van der Waals surface area contributed by atoms with Crippen molar-refractivity contribution in [3.05, 3.63) is 95.6 Å². The first-order valence-corrected chi connectivity index (χ1v) is 10.9. The van der Waals surface area contributed by atoms with Crippen LogP contribution >= 0.6 is 0 Å². The molecule has 3 rings (SSSR count). The fraction of sp³-hybridized carbons (Fsp3) is 0.174. The van der Waals surface area contributed by atoms with Crippen LogP contribution in [0.25, 0.3) is 0 Å². The maximum Gasteiger partial charge on any atom is 0.339 e. The molecule has 0 saturated heterocycles. The van der Waals surface area contributed by atoms with Crippen LogP contribution in [-0.2, 0) is 16.7 Å². The van der Waals surface area contributed by atoms with Crippen molar-refractivity contribution >= 4 is 16.0 Å². The second kappa shape index (κ2) is 9.26. The molecule has 0 fully saturated rings. The maximum atomic E-state index is 14.0. The van der Waals surface area contributed by atoms with Crippen LogP contribution < -0.4 is 4.18 Å². The van der Waals surface area contributed by atoms with Gasteiger partial charge in [0.2, 0.25) is 0 Å². The largest absolute Gasteiger partial charge is 0.379 e. The van der Waals surface area contributed by atoms with Gasteiger partial charge in [-0.1, -0.05) is 24.3 Å². The Morgan fingerprint density at radius 3 is 2.13 bits per heavy atom. The third-order valence-corrected chi connectivity index (χ3v) is 5.83. The van der Waals surface area contributed by atoms with E-state index >= 15 is 0 Å². The molecule has 0 aliphatic carbocycles. The van der Waals surface area contributed by atoms with Gasteiger partial charge in [0, 0.05) is 12.6 Å². The average Bonchev–Trinajstić information content (AvgIpc) is 2.73. The summed E-state index contributed by atoms with van der Waals surface area (Å²) in [5, 5.41) is 0. The van der Waals surface area contributed by atoms with Crippen molar-refractivity contribution in [2.24, 2.45) is 0 Å². The van der Waals surface area contributed by atoms with Gasteiger partial charge in [0.1, 0.15) is 22.3 Å². The number of nitrogens with zero attached hydrogens (tertiary/aromatic N) is 1. The Labute approximate surface area is 180 Å². The Balaban J connectivity index is 1.75. The van der Waals surface area contributed by atoms with Crippen LogP contribution in [0.4, 0.5) is 8.78 Å². The van der Waals surface area contributed by atoms with Crippen LogP contribution in [0.5, 0.6) is 5.75 Å². The van der Waals surface area contributed by atoms with E-state index in [4.69, 9.17) is 4.18 Å². The van der Waals surface area contributed by atoms with E-state index in [9.17, 15) is 22.0 Å². The van der Waals surface area contributed by atoms with Crippen molar-refractivity contribution in [2.75, 3.05) is 0 Å². The normalized spacial score (nSPS) is 11.4. The van der Waals surface area contributed by atoms with Gasteiger partial charge in [0.25, 0.3) is 5.91 Å². The Morgan fingerprint density at radius 1 is 0.935 bits per heavy atom. The number of carbonyl (C=O) groups is 1. The molecule has 31 heavy (non-hydrogen) atoms. The van der Waals surface area contributed by atoms with E-state index in [1.807, 2.05) is 13.8 Å². The Kier molecular flexibility index (Phi) is 6.70. The van der Waals surface area contributed by atoms with Crippen molar-refractivity contribution in [1.29, 1.82) is 0 Å². The maximum absolute atomic E-state index is 14.0. The zero-order valence-corrected chi connectivity index (χ0v) is 17.8. The lowest BCUT2D eigenvalue weighted by atomic mass is 10.1. The summed E-state index contributed by atoms with van der Waals surface area (Å²) >= 11 is 0. The number of hydrogen-bond acceptors (Lipinski definition) is 4. The molecule has 162 valence electrons. The molecule has 5 nitrogen and oxygen atoms in total. The third-order valence-electron chi connectivity index (χ3n) is 4.57. The summed E-state index contributed by atoms with van der Waals surface area (Å²) < 4.78 is 56.8. The molecule has 0 aliphatic rings. The molecule has 0 aromatic heterocycles. The minimum absolute atomic E-state index is 0.0125. The second-order valence-corrected chi connectivity index (χ2v) is 8.69. The molecule has 0 N–H and O–H groups in total. The molecule has 0 saturated carbocycles. The van der Waals surface area contributed by atoms with Crippen molar-refractivity contribution in [3.63, 3.8) is 0 Å². The van der Waals surface area contributed by atoms with Crippen LogP contribution in [0, 0.1) is 11.6 Å². The number of amides is 1. The van der Waals surface area contributed by atoms with Gasteiger partial charge >= 0.3 is 10.1 Å². The summed E-state index contributed by atoms with van der Waals surface area (Å²) in [6, 6.07) is 16.1. The van der Waals surface area contributed by atoms with Gasteiger partial charge in [0.05, 0.1) is 5.56 Å². The van der Waals surface area contributed by atoms with Gasteiger partial charge in [-0.05, 0) is 67.9 Å². The van der Waals surface area contributed by atoms with Crippen molar-refractivity contribution in [3.8, 4) is 5.75 Å². The van der Waals surface area contributed by atoms with Crippen molar-refractivity contribution in [1.82, 2.24) is 4.90 Å². The number of rotatable bonds is 7. The standard InChI is InChI=1S/C23H21F2NO4S/c1-16(2)26(23(27)21-5-3-4-6-22(21)25)15-17-7-11-19(12-8-17)30-31(28,29)20-13-9-18(24)10-14-20/h3-14,16H,15H2,1-2H3. The average molecular weight is 445 g/mol. The highest BCUT2D eigenvalue weighted by Gasteiger charge is 2.22. The Morgan fingerprint density at radius 2 is 1.55 bits per heavy atom.